The van der Waals surface area contributed by atoms with Crippen molar-refractivity contribution in [2.45, 2.75) is 33.1 Å². The first-order chi connectivity index (χ1) is 15.8. The fourth-order valence-corrected chi connectivity index (χ4v) is 3.59. The van der Waals surface area contributed by atoms with Crippen LogP contribution in [0.2, 0.25) is 0 Å². The highest BCUT2D eigenvalue weighted by Gasteiger charge is 2.20. The van der Waals surface area contributed by atoms with Crippen molar-refractivity contribution in [3.8, 4) is 5.75 Å². The maximum absolute atomic E-state index is 11.1. The van der Waals surface area contributed by atoms with Crippen LogP contribution < -0.4 is 10.2 Å². The fourth-order valence-electron chi connectivity index (χ4n) is 3.59. The molecule has 0 amide bonds. The second-order valence-corrected chi connectivity index (χ2v) is 8.78. The number of nitro benzene ring substituents is 1. The highest BCUT2D eigenvalue weighted by atomic mass is 16.6. The van der Waals surface area contributed by atoms with Gasteiger partial charge in [0.25, 0.3) is 5.69 Å². The van der Waals surface area contributed by atoms with Gasteiger partial charge in [0.05, 0.1) is 17.2 Å². The molecule has 0 aliphatic carbocycles. The quantitative estimate of drug-likeness (QED) is 0.404. The van der Waals surface area contributed by atoms with Crippen LogP contribution in [0.15, 0.2) is 76.8 Å². The molecule has 1 heterocycles. The maximum atomic E-state index is 11.1. The Balaban J connectivity index is 1.79. The van der Waals surface area contributed by atoms with Gasteiger partial charge in [-0.1, -0.05) is 45.0 Å². The summed E-state index contributed by atoms with van der Waals surface area (Å²) < 4.78 is 5.69. The van der Waals surface area contributed by atoms with Crippen LogP contribution in [0.4, 0.5) is 11.4 Å². The third-order valence-corrected chi connectivity index (χ3v) is 5.42. The summed E-state index contributed by atoms with van der Waals surface area (Å²) in [4.78, 5) is 15.5. The number of hydrogen-bond donors (Lipinski definition) is 1. The van der Waals surface area contributed by atoms with Crippen LogP contribution in [0.1, 0.15) is 49.9 Å². The Morgan fingerprint density at radius 2 is 1.64 bits per heavy atom. The molecule has 0 saturated carbocycles. The first kappa shape index (κ1) is 22.2. The second-order valence-electron chi connectivity index (χ2n) is 8.78. The van der Waals surface area contributed by atoms with Crippen LogP contribution in [0, 0.1) is 10.1 Å². The Labute approximate surface area is 193 Å². The first-order valence-electron chi connectivity index (χ1n) is 10.8. The van der Waals surface area contributed by atoms with E-state index in [1.54, 1.807) is 12.1 Å². The summed E-state index contributed by atoms with van der Waals surface area (Å²) >= 11 is 0. The summed E-state index contributed by atoms with van der Waals surface area (Å²) in [6, 6.07) is 20.3. The number of hydrogen-bond acceptors (Lipinski definition) is 6. The summed E-state index contributed by atoms with van der Waals surface area (Å²) in [5, 5.41) is 15.7. The van der Waals surface area contributed by atoms with E-state index in [1.165, 1.54) is 17.7 Å². The van der Waals surface area contributed by atoms with E-state index >= 15 is 0 Å². The molecule has 33 heavy (non-hydrogen) atoms. The van der Waals surface area contributed by atoms with Crippen LogP contribution >= 0.6 is 0 Å². The van der Waals surface area contributed by atoms with Crippen LogP contribution in [0.5, 0.6) is 5.75 Å². The van der Waals surface area contributed by atoms with Crippen LogP contribution in [-0.4, -0.2) is 23.1 Å². The second kappa shape index (κ2) is 8.86. The van der Waals surface area contributed by atoms with Crippen molar-refractivity contribution in [1.82, 2.24) is 5.43 Å². The van der Waals surface area contributed by atoms with E-state index in [1.807, 2.05) is 37.3 Å². The van der Waals surface area contributed by atoms with Crippen molar-refractivity contribution < 1.29 is 9.66 Å². The van der Waals surface area contributed by atoms with Gasteiger partial charge in [-0.2, -0.15) is 5.10 Å². The average molecular weight is 443 g/mol. The number of nitro groups is 1. The summed E-state index contributed by atoms with van der Waals surface area (Å²) in [5.74, 6) is 1.33. The molecule has 3 aromatic carbocycles. The van der Waals surface area contributed by atoms with Crippen LogP contribution in [0.25, 0.3) is 0 Å². The Morgan fingerprint density at radius 3 is 2.24 bits per heavy atom. The number of rotatable bonds is 5. The number of nitrogens with one attached hydrogen (secondary N) is 1. The molecule has 0 aromatic heterocycles. The minimum absolute atomic E-state index is 0.0279. The molecule has 0 saturated heterocycles. The van der Waals surface area contributed by atoms with Crippen molar-refractivity contribution in [3.05, 3.63) is 99.1 Å². The van der Waals surface area contributed by atoms with Gasteiger partial charge in [0.15, 0.2) is 5.84 Å². The van der Waals surface area contributed by atoms with E-state index < -0.39 is 4.92 Å². The number of ether oxygens (including phenoxy) is 1. The number of benzene rings is 3. The highest BCUT2D eigenvalue weighted by molar-refractivity contribution is 6.18. The van der Waals surface area contributed by atoms with Gasteiger partial charge in [0, 0.05) is 28.8 Å². The third-order valence-electron chi connectivity index (χ3n) is 5.42. The zero-order chi connectivity index (χ0) is 23.6. The molecule has 7 nitrogen and oxygen atoms in total. The van der Waals surface area contributed by atoms with Gasteiger partial charge in [0.1, 0.15) is 11.5 Å². The van der Waals surface area contributed by atoms with E-state index in [4.69, 9.17) is 9.73 Å². The Morgan fingerprint density at radius 1 is 0.970 bits per heavy atom. The maximum Gasteiger partial charge on any atom is 0.269 e. The van der Waals surface area contributed by atoms with E-state index in [2.05, 4.69) is 43.4 Å². The largest absolute Gasteiger partial charge is 0.494 e. The smallest absolute Gasteiger partial charge is 0.269 e. The zero-order valence-corrected chi connectivity index (χ0v) is 19.1. The standard InChI is InChI=1S/C26H26N4O3/c1-5-33-21-14-15-23-22(16-21)24(17-8-12-20(13-9-17)30(31)32)28-29-25(27-23)18-6-10-19(11-7-18)26(2,3)4/h6-16H,5H2,1-4H3,(H,27,29). The van der Waals surface area contributed by atoms with Gasteiger partial charge in [-0.3, -0.25) is 15.5 Å². The molecular weight excluding hydrogens is 416 g/mol. The molecule has 1 aliphatic heterocycles. The van der Waals surface area contributed by atoms with Gasteiger partial charge >= 0.3 is 0 Å². The molecule has 4 rings (SSSR count). The Bertz CT molecular complexity index is 1240. The number of fused-ring (bicyclic) bond motifs is 1. The number of amidine groups is 1. The number of hydrazone groups is 1. The molecular formula is C26H26N4O3. The first-order valence-corrected chi connectivity index (χ1v) is 10.8. The molecule has 0 spiro atoms. The molecule has 1 aliphatic rings. The van der Waals surface area contributed by atoms with Crippen molar-refractivity contribution >= 4 is 22.9 Å². The fraction of sp³-hybridized carbons (Fsp3) is 0.231. The van der Waals surface area contributed by atoms with Crippen molar-refractivity contribution in [2.75, 3.05) is 6.61 Å². The number of nitrogens with zero attached hydrogens (tertiary/aromatic N) is 3. The van der Waals surface area contributed by atoms with Crippen molar-refractivity contribution in [3.63, 3.8) is 0 Å². The molecule has 0 radical (unpaired) electrons. The van der Waals surface area contributed by atoms with E-state index in [-0.39, 0.29) is 11.1 Å². The van der Waals surface area contributed by atoms with Gasteiger partial charge in [-0.15, -0.1) is 0 Å². The van der Waals surface area contributed by atoms with Gasteiger partial charge in [0.2, 0.25) is 0 Å². The van der Waals surface area contributed by atoms with Gasteiger partial charge < -0.3 is 4.74 Å². The predicted molar refractivity (Wildman–Crippen MR) is 131 cm³/mol. The lowest BCUT2D eigenvalue weighted by Gasteiger charge is -2.19. The molecule has 0 atom stereocenters. The molecule has 0 bridgehead atoms. The molecule has 3 aromatic rings. The summed E-state index contributed by atoms with van der Waals surface area (Å²) in [5.41, 5.74) is 8.22. The lowest BCUT2D eigenvalue weighted by Crippen LogP contribution is -2.20. The summed E-state index contributed by atoms with van der Waals surface area (Å²) in [6.45, 7) is 8.99. The summed E-state index contributed by atoms with van der Waals surface area (Å²) in [6.07, 6.45) is 0. The monoisotopic (exact) mass is 442 g/mol. The molecule has 7 heteroatoms. The summed E-state index contributed by atoms with van der Waals surface area (Å²) in [7, 11) is 0. The SMILES string of the molecule is CCOc1ccc2c(c1)C(c1ccc([N+](=O)[O-])cc1)=NNC(c1ccc(C(C)(C)C)cc1)=N2. The average Bonchev–Trinajstić information content (AvgIpc) is 2.98. The Hall–Kier alpha value is -4.00. The minimum atomic E-state index is -0.416. The third kappa shape index (κ3) is 4.77. The number of aliphatic imine (C=N–C) groups is 1. The topological polar surface area (TPSA) is 89.1 Å². The lowest BCUT2D eigenvalue weighted by molar-refractivity contribution is -0.384. The molecule has 0 fully saturated rings. The van der Waals surface area contributed by atoms with E-state index in [0.29, 0.717) is 23.9 Å². The Kier molecular flexibility index (Phi) is 5.96. The molecule has 0 unspecified atom stereocenters. The molecule has 1 N–H and O–H groups in total. The predicted octanol–water partition coefficient (Wildman–Crippen LogP) is 5.72. The highest BCUT2D eigenvalue weighted by Crippen LogP contribution is 2.30. The van der Waals surface area contributed by atoms with Gasteiger partial charge in [-0.05, 0) is 48.2 Å². The normalized spacial score (nSPS) is 13.2. The van der Waals surface area contributed by atoms with E-state index in [0.717, 1.165) is 22.4 Å². The lowest BCUT2D eigenvalue weighted by atomic mass is 9.86. The van der Waals surface area contributed by atoms with Crippen LogP contribution in [0.3, 0.4) is 0 Å². The van der Waals surface area contributed by atoms with Crippen LogP contribution in [-0.2, 0) is 5.41 Å². The van der Waals surface area contributed by atoms with E-state index in [9.17, 15) is 10.1 Å². The van der Waals surface area contributed by atoms with Gasteiger partial charge in [-0.25, -0.2) is 4.99 Å². The van der Waals surface area contributed by atoms with Crippen molar-refractivity contribution in [2.24, 2.45) is 10.1 Å². The minimum Gasteiger partial charge on any atom is -0.494 e. The van der Waals surface area contributed by atoms with Crippen molar-refractivity contribution in [1.29, 1.82) is 0 Å². The molecule has 168 valence electrons. The zero-order valence-electron chi connectivity index (χ0n) is 19.1. The number of non-ortho nitro benzene ring substituents is 1.